The van der Waals surface area contributed by atoms with E-state index in [0.29, 0.717) is 5.56 Å². The lowest BCUT2D eigenvalue weighted by molar-refractivity contribution is -0.161. The van der Waals surface area contributed by atoms with Gasteiger partial charge >= 0.3 is 17.9 Å². The number of fused-ring (bicyclic) bond motifs is 1. The number of nitrogens with zero attached hydrogens (tertiary/aromatic N) is 2. The molecule has 2 aliphatic heterocycles. The maximum Gasteiger partial charge on any atom is 0.352 e. The van der Waals surface area contributed by atoms with Crippen LogP contribution in [0.5, 0.6) is 0 Å². The lowest BCUT2D eigenvalue weighted by atomic mass is 10.0. The Bertz CT molecular complexity index is 1130. The van der Waals surface area contributed by atoms with E-state index in [1.54, 1.807) is 30.3 Å². The van der Waals surface area contributed by atoms with Crippen molar-refractivity contribution in [1.29, 1.82) is 0 Å². The van der Waals surface area contributed by atoms with Gasteiger partial charge in [-0.15, -0.1) is 11.8 Å². The van der Waals surface area contributed by atoms with Gasteiger partial charge in [-0.2, -0.15) is 0 Å². The van der Waals surface area contributed by atoms with Crippen LogP contribution < -0.4 is 5.32 Å². The van der Waals surface area contributed by atoms with Gasteiger partial charge in [0, 0.05) is 23.8 Å². The number of carboxylic acids is 2. The van der Waals surface area contributed by atoms with Gasteiger partial charge < -0.3 is 25.1 Å². The van der Waals surface area contributed by atoms with Crippen LogP contribution in [0.15, 0.2) is 46.8 Å². The summed E-state index contributed by atoms with van der Waals surface area (Å²) in [4.78, 5) is 66.3. The third-order valence-corrected chi connectivity index (χ3v) is 6.47. The molecule has 186 valence electrons. The van der Waals surface area contributed by atoms with Gasteiger partial charge in [-0.25, -0.2) is 9.59 Å². The number of nitrogens with one attached hydrogen (secondary N) is 1. The molecule has 1 saturated heterocycles. The van der Waals surface area contributed by atoms with Crippen molar-refractivity contribution in [2.24, 2.45) is 5.16 Å². The predicted molar refractivity (Wildman–Crippen MR) is 122 cm³/mol. The summed E-state index contributed by atoms with van der Waals surface area (Å²) in [7, 11) is 0. The summed E-state index contributed by atoms with van der Waals surface area (Å²) in [6.45, 7) is 3.45. The summed E-state index contributed by atoms with van der Waals surface area (Å²) in [6.07, 6.45) is 0. The number of β-lactam (4-membered cyclic amide) rings is 1. The number of hydrogen-bond donors (Lipinski definition) is 3. The predicted octanol–water partition coefficient (Wildman–Crippen LogP) is 0.572. The second-order valence-electron chi connectivity index (χ2n) is 8.11. The van der Waals surface area contributed by atoms with E-state index in [1.807, 2.05) is 0 Å². The van der Waals surface area contributed by atoms with Crippen LogP contribution in [0.2, 0.25) is 0 Å². The molecule has 0 spiro atoms. The minimum absolute atomic E-state index is 0.172. The molecular weight excluding hydrogens is 482 g/mol. The second-order valence-corrected chi connectivity index (χ2v) is 9.22. The van der Waals surface area contributed by atoms with Crippen molar-refractivity contribution >= 4 is 47.2 Å². The Kier molecular flexibility index (Phi) is 7.48. The van der Waals surface area contributed by atoms with E-state index in [0.717, 1.165) is 4.90 Å². The van der Waals surface area contributed by atoms with Gasteiger partial charge in [0.05, 0.1) is 0 Å². The van der Waals surface area contributed by atoms with E-state index in [9.17, 15) is 34.2 Å². The summed E-state index contributed by atoms with van der Waals surface area (Å²) >= 11 is 1.21. The molecule has 3 N–H and O–H groups in total. The van der Waals surface area contributed by atoms with Crippen molar-refractivity contribution in [3.63, 3.8) is 0 Å². The van der Waals surface area contributed by atoms with Gasteiger partial charge in [-0.05, 0) is 13.8 Å². The molecule has 0 aliphatic carbocycles. The molecule has 0 radical (unpaired) electrons. The molecule has 2 heterocycles. The molecule has 2 amide bonds. The number of oxime groups is 1. The fraction of sp³-hybridized carbons (Fsp3) is 0.364. The molecule has 1 aromatic rings. The largest absolute Gasteiger partial charge is 0.478 e. The zero-order valence-corrected chi connectivity index (χ0v) is 19.8. The Balaban J connectivity index is 1.82. The molecular formula is C22H23N3O9S. The van der Waals surface area contributed by atoms with Crippen LogP contribution in [-0.4, -0.2) is 79.9 Å². The number of rotatable bonds is 9. The summed E-state index contributed by atoms with van der Waals surface area (Å²) in [5, 5.41) is 24.5. The van der Waals surface area contributed by atoms with E-state index < -0.39 is 46.7 Å². The highest BCUT2D eigenvalue weighted by Gasteiger charge is 2.54. The third-order valence-electron chi connectivity index (χ3n) is 5.13. The number of ether oxygens (including phenoxy) is 1. The van der Waals surface area contributed by atoms with Gasteiger partial charge in [0.1, 0.15) is 23.7 Å². The summed E-state index contributed by atoms with van der Waals surface area (Å²) in [5.74, 6) is -4.53. The van der Waals surface area contributed by atoms with Gasteiger partial charge in [-0.3, -0.25) is 19.3 Å². The molecule has 13 heteroatoms. The van der Waals surface area contributed by atoms with Crippen LogP contribution in [0.25, 0.3) is 0 Å². The molecule has 12 nitrogen and oxygen atoms in total. The highest BCUT2D eigenvalue weighted by molar-refractivity contribution is 8.00. The van der Waals surface area contributed by atoms with Crippen LogP contribution in [0.3, 0.4) is 0 Å². The molecule has 0 bridgehead atoms. The minimum atomic E-state index is -1.72. The number of amides is 2. The average molecular weight is 506 g/mol. The number of thioether (sulfide) groups is 1. The summed E-state index contributed by atoms with van der Waals surface area (Å²) < 4.78 is 4.90. The first-order valence-electron chi connectivity index (χ1n) is 10.3. The van der Waals surface area contributed by atoms with Crippen molar-refractivity contribution in [2.45, 2.75) is 37.8 Å². The Morgan fingerprint density at radius 3 is 2.43 bits per heavy atom. The molecule has 35 heavy (non-hydrogen) atoms. The Morgan fingerprint density at radius 2 is 1.86 bits per heavy atom. The van der Waals surface area contributed by atoms with Crippen LogP contribution in [0.4, 0.5) is 0 Å². The lowest BCUT2D eigenvalue weighted by Gasteiger charge is -2.49. The molecule has 1 aromatic carbocycles. The highest BCUT2D eigenvalue weighted by Crippen LogP contribution is 2.40. The summed E-state index contributed by atoms with van der Waals surface area (Å²) in [5.41, 5.74) is -1.67. The molecule has 2 aliphatic rings. The van der Waals surface area contributed by atoms with E-state index in [2.05, 4.69) is 10.5 Å². The topological polar surface area (TPSA) is 172 Å². The van der Waals surface area contributed by atoms with Crippen LogP contribution >= 0.6 is 11.8 Å². The SMILES string of the molecule is CC(=O)OCC1=C(C(=O)O)N2C(=O)[C@@H](NC(=O)/C(=N/OC(C)(C)C(=O)O)c3ccccc3)[C@H]2SC1. The first-order valence-corrected chi connectivity index (χ1v) is 11.4. The minimum Gasteiger partial charge on any atom is -0.478 e. The van der Waals surface area contributed by atoms with Crippen LogP contribution in [0, 0.1) is 0 Å². The molecule has 2 atom stereocenters. The van der Waals surface area contributed by atoms with Gasteiger partial charge in [-0.1, -0.05) is 35.5 Å². The zero-order valence-electron chi connectivity index (χ0n) is 19.0. The molecule has 0 unspecified atom stereocenters. The maximum absolute atomic E-state index is 13.1. The number of carboxylic acid groups (broad SMARTS) is 2. The zero-order chi connectivity index (χ0) is 25.9. The Morgan fingerprint density at radius 1 is 1.20 bits per heavy atom. The van der Waals surface area contributed by atoms with Crippen molar-refractivity contribution in [3.8, 4) is 0 Å². The monoisotopic (exact) mass is 505 g/mol. The van der Waals surface area contributed by atoms with E-state index in [-0.39, 0.29) is 29.3 Å². The van der Waals surface area contributed by atoms with Crippen molar-refractivity contribution in [3.05, 3.63) is 47.2 Å². The van der Waals surface area contributed by atoms with Gasteiger partial charge in [0.25, 0.3) is 11.8 Å². The first kappa shape index (κ1) is 25.7. The van der Waals surface area contributed by atoms with Crippen LogP contribution in [0.1, 0.15) is 26.3 Å². The number of esters is 1. The van der Waals surface area contributed by atoms with Crippen molar-refractivity contribution in [2.75, 3.05) is 12.4 Å². The smallest absolute Gasteiger partial charge is 0.352 e. The fourth-order valence-corrected chi connectivity index (χ4v) is 4.54. The second kappa shape index (κ2) is 10.2. The summed E-state index contributed by atoms with van der Waals surface area (Å²) in [6, 6.07) is 7.06. The number of hydrogen-bond acceptors (Lipinski definition) is 9. The maximum atomic E-state index is 13.1. The average Bonchev–Trinajstić information content (AvgIpc) is 2.80. The van der Waals surface area contributed by atoms with Crippen molar-refractivity contribution in [1.82, 2.24) is 10.2 Å². The quantitative estimate of drug-likeness (QED) is 0.186. The Hall–Kier alpha value is -3.87. The molecule has 0 aromatic heterocycles. The standard InChI is InChI=1S/C22H23N3O9S/c1-11(26)33-9-13-10-35-19-15(18(28)25(19)16(13)20(29)30)23-17(27)14(12-7-5-4-6-8-12)24-34-22(2,3)21(31)32/h4-8,15,19H,9-10H2,1-3H3,(H,23,27)(H,29,30)(H,31,32)/b24-14+/t15-,19-/m1/s1. The van der Waals surface area contributed by atoms with Crippen LogP contribution in [-0.2, 0) is 33.5 Å². The number of carbonyl (C=O) groups excluding carboxylic acids is 3. The van der Waals surface area contributed by atoms with E-state index >= 15 is 0 Å². The van der Waals surface area contributed by atoms with Crippen molar-refractivity contribution < 1.29 is 43.8 Å². The molecule has 3 rings (SSSR count). The molecule has 1 fully saturated rings. The highest BCUT2D eigenvalue weighted by atomic mass is 32.2. The normalized spacial score (nSPS) is 19.9. The lowest BCUT2D eigenvalue weighted by Crippen LogP contribution is -2.71. The van der Waals surface area contributed by atoms with Gasteiger partial charge in [0.2, 0.25) is 5.60 Å². The fourth-order valence-electron chi connectivity index (χ4n) is 3.21. The van der Waals surface area contributed by atoms with E-state index in [1.165, 1.54) is 32.5 Å². The number of carbonyl (C=O) groups is 5. The number of benzene rings is 1. The number of aliphatic carboxylic acids is 2. The first-order chi connectivity index (χ1) is 16.4. The van der Waals surface area contributed by atoms with Gasteiger partial charge in [0.15, 0.2) is 5.71 Å². The third kappa shape index (κ3) is 5.45. The van der Waals surface area contributed by atoms with E-state index in [4.69, 9.17) is 9.57 Å². The molecule has 0 saturated carbocycles. The Labute approximate surface area is 203 Å².